The minimum atomic E-state index is -1.53. The van der Waals surface area contributed by atoms with Crippen molar-refractivity contribution >= 4 is 28.9 Å². The lowest BCUT2D eigenvalue weighted by Gasteiger charge is -2.39. The van der Waals surface area contributed by atoms with Gasteiger partial charge in [0, 0.05) is 23.4 Å². The number of esters is 2. The van der Waals surface area contributed by atoms with Crippen LogP contribution in [-0.4, -0.2) is 78.0 Å². The first-order chi connectivity index (χ1) is 22.2. The fourth-order valence-electron chi connectivity index (χ4n) is 5.71. The van der Waals surface area contributed by atoms with E-state index >= 15 is 0 Å². The van der Waals surface area contributed by atoms with E-state index in [-0.39, 0.29) is 37.9 Å². The molecule has 3 aliphatic rings. The Bertz CT molecular complexity index is 1720. The molecule has 3 N–H and O–H groups in total. The van der Waals surface area contributed by atoms with Crippen molar-refractivity contribution in [3.05, 3.63) is 65.2 Å². The van der Waals surface area contributed by atoms with Crippen LogP contribution in [0.4, 0.5) is 4.79 Å². The monoisotopic (exact) mass is 638 g/mol. The van der Waals surface area contributed by atoms with Crippen LogP contribution in [0.5, 0.6) is 17.2 Å². The molecule has 1 fully saturated rings. The lowest BCUT2D eigenvalue weighted by atomic mass is 9.87. The number of fused-ring (bicyclic) bond motifs is 3. The molecule has 0 saturated carbocycles. The highest BCUT2D eigenvalue weighted by molar-refractivity contribution is 6.13. The number of aliphatic hydroxyl groups excluding tert-OH is 3. The lowest BCUT2D eigenvalue weighted by molar-refractivity contribution is -0.251. The highest BCUT2D eigenvalue weighted by atomic mass is 16.8. The van der Waals surface area contributed by atoms with Crippen molar-refractivity contribution in [2.24, 2.45) is 0 Å². The second-order valence-electron chi connectivity index (χ2n) is 10.6. The summed E-state index contributed by atoms with van der Waals surface area (Å²) in [4.78, 5) is 37.8. The second kappa shape index (κ2) is 12.8. The van der Waals surface area contributed by atoms with Crippen LogP contribution in [0.3, 0.4) is 0 Å². The maximum Gasteiger partial charge on any atom is 0.509 e. The van der Waals surface area contributed by atoms with Gasteiger partial charge in [-0.05, 0) is 46.3 Å². The maximum absolute atomic E-state index is 13.3. The molecule has 0 aromatic heterocycles. The van der Waals surface area contributed by atoms with Crippen LogP contribution in [-0.2, 0) is 48.3 Å². The van der Waals surface area contributed by atoms with Gasteiger partial charge in [0.2, 0.25) is 19.2 Å². The molecule has 0 aliphatic carbocycles. The van der Waals surface area contributed by atoms with Gasteiger partial charge in [0.1, 0.15) is 25.1 Å². The molecular weight excluding hydrogens is 608 g/mol. The molecule has 0 radical (unpaired) electrons. The number of hydrogen-bond acceptors (Lipinski definition) is 14. The molecule has 14 nitrogen and oxygen atoms in total. The van der Waals surface area contributed by atoms with Gasteiger partial charge >= 0.3 is 18.1 Å². The van der Waals surface area contributed by atoms with E-state index in [9.17, 15) is 29.7 Å². The third-order valence-corrected chi connectivity index (χ3v) is 7.72. The van der Waals surface area contributed by atoms with Gasteiger partial charge in [-0.3, -0.25) is 4.79 Å². The number of cyclic esters (lactones) is 1. The van der Waals surface area contributed by atoms with Crippen LogP contribution >= 0.6 is 0 Å². The van der Waals surface area contributed by atoms with Crippen molar-refractivity contribution in [2.75, 3.05) is 20.0 Å². The quantitative estimate of drug-likeness (QED) is 0.176. The van der Waals surface area contributed by atoms with E-state index in [0.717, 1.165) is 6.92 Å². The van der Waals surface area contributed by atoms with E-state index in [0.29, 0.717) is 50.1 Å². The SMILES string of the molecule is C=CCOC(=O)O[C@H]1C(Oc2c3c(c(-c4ccc5c(c4)OCO5)c4cc(CO)c(CO)cc24)C(=O)OC3)OC[C@@H](O)[C@@H]1OC(C)=O. The Kier molecular flexibility index (Phi) is 8.69. The number of benzene rings is 3. The Labute approximate surface area is 261 Å². The molecule has 0 amide bonds. The Morgan fingerprint density at radius 1 is 0.978 bits per heavy atom. The van der Waals surface area contributed by atoms with Crippen LogP contribution < -0.4 is 14.2 Å². The molecule has 14 heteroatoms. The number of aliphatic hydroxyl groups is 3. The van der Waals surface area contributed by atoms with E-state index in [1.807, 2.05) is 0 Å². The number of carbonyl (C=O) groups is 3. The largest absolute Gasteiger partial charge is 0.509 e. The van der Waals surface area contributed by atoms with Gasteiger partial charge < -0.3 is 53.2 Å². The van der Waals surface area contributed by atoms with Gasteiger partial charge in [0.05, 0.1) is 25.4 Å². The summed E-state index contributed by atoms with van der Waals surface area (Å²) in [5.74, 6) is -0.336. The number of carbonyl (C=O) groups excluding carboxylic acids is 3. The van der Waals surface area contributed by atoms with Crippen molar-refractivity contribution in [3.8, 4) is 28.4 Å². The fraction of sp³-hybridized carbons (Fsp3) is 0.344. The van der Waals surface area contributed by atoms with Crippen LogP contribution in [0.15, 0.2) is 43.0 Å². The first-order valence-electron chi connectivity index (χ1n) is 14.2. The van der Waals surface area contributed by atoms with Crippen molar-refractivity contribution in [3.63, 3.8) is 0 Å². The molecular formula is C32H30O14. The summed E-state index contributed by atoms with van der Waals surface area (Å²) in [5, 5.41) is 31.8. The zero-order valence-electron chi connectivity index (χ0n) is 24.6. The molecule has 4 atom stereocenters. The van der Waals surface area contributed by atoms with Gasteiger partial charge in [-0.15, -0.1) is 0 Å². The summed E-state index contributed by atoms with van der Waals surface area (Å²) in [6, 6.07) is 8.41. The standard InChI is InChI=1S/C32H30O14/c1-3-6-39-32(38)46-29-28(44-15(2)35)22(36)13-41-31(29)45-27-20-8-18(11-34)17(10-33)7-19(20)25(26-21(27)12-40-30(26)37)16-4-5-23-24(9-16)43-14-42-23/h3-5,7-9,22,28-29,31,33-34,36H,1,6,10-14H2,2H3/t22-,28+,29-,31?/m1/s1. The highest BCUT2D eigenvalue weighted by Crippen LogP contribution is 2.48. The van der Waals surface area contributed by atoms with Crippen molar-refractivity contribution in [1.29, 1.82) is 0 Å². The highest BCUT2D eigenvalue weighted by Gasteiger charge is 2.47. The number of rotatable bonds is 9. The summed E-state index contributed by atoms with van der Waals surface area (Å²) >= 11 is 0. The molecule has 3 heterocycles. The molecule has 3 aromatic rings. The summed E-state index contributed by atoms with van der Waals surface area (Å²) in [7, 11) is 0. The van der Waals surface area contributed by atoms with Gasteiger partial charge in [0.25, 0.3) is 0 Å². The molecule has 3 aromatic carbocycles. The van der Waals surface area contributed by atoms with E-state index in [2.05, 4.69) is 6.58 Å². The van der Waals surface area contributed by atoms with E-state index < -0.39 is 55.9 Å². The maximum atomic E-state index is 13.3. The number of ether oxygens (including phenoxy) is 8. The van der Waals surface area contributed by atoms with Gasteiger partial charge in [0.15, 0.2) is 17.6 Å². The minimum Gasteiger partial charge on any atom is -0.460 e. The summed E-state index contributed by atoms with van der Waals surface area (Å²) in [5.41, 5.74) is 2.29. The van der Waals surface area contributed by atoms with Crippen LogP contribution in [0.1, 0.15) is 34.0 Å². The Morgan fingerprint density at radius 2 is 1.72 bits per heavy atom. The average molecular weight is 639 g/mol. The zero-order valence-corrected chi connectivity index (χ0v) is 24.6. The van der Waals surface area contributed by atoms with Crippen LogP contribution in [0.2, 0.25) is 0 Å². The topological polar surface area (TPSA) is 186 Å². The Morgan fingerprint density at radius 3 is 2.43 bits per heavy atom. The fourth-order valence-corrected chi connectivity index (χ4v) is 5.71. The summed E-state index contributed by atoms with van der Waals surface area (Å²) in [6.45, 7) is 3.03. The molecule has 0 spiro atoms. The van der Waals surface area contributed by atoms with Crippen molar-refractivity contribution < 1.29 is 67.6 Å². The average Bonchev–Trinajstić information content (AvgIpc) is 3.68. The molecule has 1 saturated heterocycles. The molecule has 242 valence electrons. The molecule has 6 rings (SSSR count). The predicted octanol–water partition coefficient (Wildman–Crippen LogP) is 2.63. The van der Waals surface area contributed by atoms with Crippen molar-refractivity contribution in [1.82, 2.24) is 0 Å². The molecule has 3 aliphatic heterocycles. The zero-order chi connectivity index (χ0) is 32.5. The molecule has 46 heavy (non-hydrogen) atoms. The Hall–Kier alpha value is -4.89. The van der Waals surface area contributed by atoms with Crippen molar-refractivity contribution in [2.45, 2.75) is 51.3 Å². The van der Waals surface area contributed by atoms with Crippen LogP contribution in [0.25, 0.3) is 21.9 Å². The third kappa shape index (κ3) is 5.67. The third-order valence-electron chi connectivity index (χ3n) is 7.72. The second-order valence-corrected chi connectivity index (χ2v) is 10.6. The van der Waals surface area contributed by atoms with Gasteiger partial charge in [-0.2, -0.15) is 0 Å². The van der Waals surface area contributed by atoms with Gasteiger partial charge in [-0.25, -0.2) is 9.59 Å². The first kappa shape index (κ1) is 31.1. The normalized spacial score (nSPS) is 21.3. The smallest absolute Gasteiger partial charge is 0.460 e. The predicted molar refractivity (Wildman–Crippen MR) is 155 cm³/mol. The Balaban J connectivity index is 1.53. The summed E-state index contributed by atoms with van der Waals surface area (Å²) in [6.07, 6.45) is -5.68. The lowest BCUT2D eigenvalue weighted by Crippen LogP contribution is -2.58. The van der Waals surface area contributed by atoms with Gasteiger partial charge in [-0.1, -0.05) is 18.7 Å². The number of hydrogen-bond donors (Lipinski definition) is 3. The summed E-state index contributed by atoms with van der Waals surface area (Å²) < 4.78 is 44.3. The van der Waals surface area contributed by atoms with E-state index in [4.69, 9.17) is 37.9 Å². The molecule has 1 unspecified atom stereocenters. The molecule has 0 bridgehead atoms. The first-order valence-corrected chi connectivity index (χ1v) is 14.2. The minimum absolute atomic E-state index is 0.0375. The van der Waals surface area contributed by atoms with E-state index in [1.165, 1.54) is 6.08 Å². The van der Waals surface area contributed by atoms with Crippen LogP contribution in [0, 0.1) is 0 Å². The van der Waals surface area contributed by atoms with E-state index in [1.54, 1.807) is 30.3 Å².